The van der Waals surface area contributed by atoms with Gasteiger partial charge in [-0.2, -0.15) is 0 Å². The first-order valence-corrected chi connectivity index (χ1v) is 4.06. The van der Waals surface area contributed by atoms with E-state index in [0.29, 0.717) is 12.1 Å². The summed E-state index contributed by atoms with van der Waals surface area (Å²) in [5.41, 5.74) is -1.25. The Morgan fingerprint density at radius 1 is 1.25 bits per heavy atom. The van der Waals surface area contributed by atoms with E-state index >= 15 is 0 Å². The zero-order valence-electron chi connectivity index (χ0n) is 8.84. The molecule has 0 aliphatic rings. The van der Waals surface area contributed by atoms with E-state index in [1.807, 2.05) is 0 Å². The van der Waals surface area contributed by atoms with Crippen LogP contribution in [0.15, 0.2) is 18.2 Å². The van der Waals surface area contributed by atoms with Crippen LogP contribution in [0.4, 0.5) is 17.3 Å². The van der Waals surface area contributed by atoms with Crippen molar-refractivity contribution in [1.82, 2.24) is 0 Å². The van der Waals surface area contributed by atoms with Gasteiger partial charge >= 0.3 is 58.4 Å². The number of rotatable bonds is 4. The second kappa shape index (κ2) is 6.97. The summed E-state index contributed by atoms with van der Waals surface area (Å²) in [5, 5.41) is 0. The minimum absolute atomic E-state index is 0. The van der Waals surface area contributed by atoms with Crippen molar-refractivity contribution < 1.29 is 78.2 Å². The Hall–Kier alpha value is 0.401. The molecule has 0 fully saturated rings. The van der Waals surface area contributed by atoms with E-state index in [9.17, 15) is 17.3 Å². The Labute approximate surface area is 133 Å². The van der Waals surface area contributed by atoms with E-state index < -0.39 is 18.3 Å². The standard InChI is InChI=1S/C8H8BF4O2.K/c1-14-5-15-6-2-3-7(8(10)4-6)9(11,12)13;/h2-4H,5H2,1H3;/q-1;+1. The van der Waals surface area contributed by atoms with Crippen LogP contribution < -0.4 is 61.6 Å². The number of benzene rings is 1. The van der Waals surface area contributed by atoms with Gasteiger partial charge in [-0.05, 0) is 6.07 Å². The van der Waals surface area contributed by atoms with Gasteiger partial charge in [0.2, 0.25) is 0 Å². The molecule has 0 aliphatic carbocycles. The van der Waals surface area contributed by atoms with E-state index in [-0.39, 0.29) is 63.9 Å². The van der Waals surface area contributed by atoms with E-state index in [1.54, 1.807) is 0 Å². The maximum absolute atomic E-state index is 12.9. The van der Waals surface area contributed by atoms with Crippen LogP contribution in [0.5, 0.6) is 5.75 Å². The topological polar surface area (TPSA) is 18.5 Å². The van der Waals surface area contributed by atoms with Crippen molar-refractivity contribution >= 4 is 12.4 Å². The van der Waals surface area contributed by atoms with Gasteiger partial charge in [0.15, 0.2) is 6.79 Å². The average Bonchev–Trinajstić information content (AvgIpc) is 2.12. The van der Waals surface area contributed by atoms with Gasteiger partial charge in [0.1, 0.15) is 5.75 Å². The molecule has 0 amide bonds. The predicted octanol–water partition coefficient (Wildman–Crippen LogP) is -1.13. The maximum Gasteiger partial charge on any atom is 1.00 e. The molecule has 1 aromatic rings. The average molecular weight is 262 g/mol. The van der Waals surface area contributed by atoms with Gasteiger partial charge in [-0.25, -0.2) is 4.39 Å². The van der Waals surface area contributed by atoms with Crippen molar-refractivity contribution in [1.29, 1.82) is 0 Å². The summed E-state index contributed by atoms with van der Waals surface area (Å²) in [6.07, 6.45) is 0. The molecule has 1 rings (SSSR count). The first-order valence-electron chi connectivity index (χ1n) is 4.06. The fraction of sp³-hybridized carbons (Fsp3) is 0.250. The molecule has 0 aliphatic heterocycles. The second-order valence-corrected chi connectivity index (χ2v) is 2.81. The summed E-state index contributed by atoms with van der Waals surface area (Å²) in [5.74, 6) is -1.34. The molecule has 0 spiro atoms. The third kappa shape index (κ3) is 4.72. The van der Waals surface area contributed by atoms with Gasteiger partial charge in [0.25, 0.3) is 0 Å². The van der Waals surface area contributed by atoms with Crippen LogP contribution in [0.25, 0.3) is 0 Å². The summed E-state index contributed by atoms with van der Waals surface area (Å²) in [6.45, 7) is -5.46. The van der Waals surface area contributed by atoms with Crippen LogP contribution in [0.2, 0.25) is 0 Å². The SMILES string of the molecule is COCOc1ccc([B-](F)(F)F)c(F)c1.[K+]. The van der Waals surface area contributed by atoms with Crippen molar-refractivity contribution in [3.8, 4) is 5.75 Å². The van der Waals surface area contributed by atoms with Crippen LogP contribution in [-0.4, -0.2) is 20.9 Å². The number of hydrogen-bond acceptors (Lipinski definition) is 2. The first-order chi connectivity index (χ1) is 6.95. The first kappa shape index (κ1) is 16.4. The minimum atomic E-state index is -5.32. The van der Waals surface area contributed by atoms with Gasteiger partial charge in [-0.3, -0.25) is 0 Å². The van der Waals surface area contributed by atoms with Crippen LogP contribution in [-0.2, 0) is 4.74 Å². The molecule has 2 nitrogen and oxygen atoms in total. The van der Waals surface area contributed by atoms with Gasteiger partial charge in [0, 0.05) is 13.2 Å². The number of halogens is 4. The molecule has 0 bridgehead atoms. The zero-order chi connectivity index (χ0) is 11.5. The summed E-state index contributed by atoms with van der Waals surface area (Å²) in [7, 11) is 1.35. The molecular formula is C8H8BF4KO2. The molecule has 0 unspecified atom stereocenters. The Kier molecular flexibility index (Phi) is 7.15. The predicted molar refractivity (Wildman–Crippen MR) is 47.6 cm³/mol. The summed E-state index contributed by atoms with van der Waals surface area (Å²) in [4.78, 5) is 0. The van der Waals surface area contributed by atoms with E-state index in [4.69, 9.17) is 4.74 Å². The molecule has 84 valence electrons. The molecule has 8 heteroatoms. The van der Waals surface area contributed by atoms with Crippen molar-refractivity contribution in [2.75, 3.05) is 13.9 Å². The van der Waals surface area contributed by atoms with E-state index in [2.05, 4.69) is 4.74 Å². The Morgan fingerprint density at radius 3 is 2.31 bits per heavy atom. The summed E-state index contributed by atoms with van der Waals surface area (Å²) >= 11 is 0. The maximum atomic E-state index is 12.9. The monoisotopic (exact) mass is 262 g/mol. The number of hydrogen-bond donors (Lipinski definition) is 0. The molecule has 0 saturated carbocycles. The largest absolute Gasteiger partial charge is 1.00 e. The molecule has 0 radical (unpaired) electrons. The number of methoxy groups -OCH3 is 1. The van der Waals surface area contributed by atoms with Gasteiger partial charge in [0.05, 0.1) is 5.82 Å². The molecule has 1 aromatic carbocycles. The molecule has 0 aromatic heterocycles. The molecule has 0 saturated heterocycles. The molecule has 0 N–H and O–H groups in total. The van der Waals surface area contributed by atoms with Crippen molar-refractivity contribution in [2.24, 2.45) is 0 Å². The number of ether oxygens (including phenoxy) is 2. The fourth-order valence-corrected chi connectivity index (χ4v) is 0.990. The Bertz CT molecular complexity index is 345. The molecule has 16 heavy (non-hydrogen) atoms. The van der Waals surface area contributed by atoms with Crippen LogP contribution >= 0.6 is 0 Å². The summed E-state index contributed by atoms with van der Waals surface area (Å²) < 4.78 is 58.8. The molecule has 0 heterocycles. The van der Waals surface area contributed by atoms with Crippen LogP contribution in [0.1, 0.15) is 0 Å². The van der Waals surface area contributed by atoms with E-state index in [1.165, 1.54) is 7.11 Å². The third-order valence-corrected chi connectivity index (χ3v) is 1.67. The van der Waals surface area contributed by atoms with Crippen LogP contribution in [0, 0.1) is 5.82 Å². The molecule has 0 atom stereocenters. The normalized spacial score (nSPS) is 10.8. The van der Waals surface area contributed by atoms with Crippen LogP contribution in [0.3, 0.4) is 0 Å². The fourth-order valence-electron chi connectivity index (χ4n) is 0.990. The van der Waals surface area contributed by atoms with Gasteiger partial charge in [-0.1, -0.05) is 11.5 Å². The van der Waals surface area contributed by atoms with Gasteiger partial charge < -0.3 is 22.4 Å². The van der Waals surface area contributed by atoms with Crippen molar-refractivity contribution in [3.63, 3.8) is 0 Å². The van der Waals surface area contributed by atoms with E-state index in [0.717, 1.165) is 6.07 Å². The van der Waals surface area contributed by atoms with Crippen molar-refractivity contribution in [2.45, 2.75) is 0 Å². The van der Waals surface area contributed by atoms with Crippen molar-refractivity contribution in [3.05, 3.63) is 24.0 Å². The Balaban J connectivity index is 0.00000225. The smallest absolute Gasteiger partial charge is 0.467 e. The molecular weight excluding hydrogens is 254 g/mol. The third-order valence-electron chi connectivity index (χ3n) is 1.67. The summed E-state index contributed by atoms with van der Waals surface area (Å²) in [6, 6.07) is 2.39. The Morgan fingerprint density at radius 2 is 1.88 bits per heavy atom. The minimum Gasteiger partial charge on any atom is -0.467 e. The quantitative estimate of drug-likeness (QED) is 0.388. The second-order valence-electron chi connectivity index (χ2n) is 2.81. The zero-order valence-corrected chi connectivity index (χ0v) is 12.0. The van der Waals surface area contributed by atoms with Gasteiger partial charge in [-0.15, -0.1) is 0 Å².